The number of fused-ring (bicyclic) bond motifs is 3. The van der Waals surface area contributed by atoms with E-state index in [0.29, 0.717) is 10.3 Å². The first-order valence-electron chi connectivity index (χ1n) is 10.0. The molecule has 0 amide bonds. The maximum absolute atomic E-state index is 12.9. The minimum atomic E-state index is -3.93. The maximum atomic E-state index is 12.9. The SMILES string of the molecule is CN1c2c(oc(=O)n(-c3ccccn3)c2=O)-c2ccccc2S1(=O)=O.Nc1ccccc1C(=O)O. The van der Waals surface area contributed by atoms with Gasteiger partial charge in [0.2, 0.25) is 0 Å². The highest BCUT2D eigenvalue weighted by atomic mass is 32.2. The highest BCUT2D eigenvalue weighted by molar-refractivity contribution is 7.93. The summed E-state index contributed by atoms with van der Waals surface area (Å²) in [5, 5.41) is 8.49. The van der Waals surface area contributed by atoms with Crippen molar-refractivity contribution in [2.45, 2.75) is 4.90 Å². The number of pyridine rings is 1. The van der Waals surface area contributed by atoms with Crippen LogP contribution in [-0.2, 0) is 10.0 Å². The third-order valence-electron chi connectivity index (χ3n) is 5.15. The quantitative estimate of drug-likeness (QED) is 0.396. The Morgan fingerprint density at radius 1 is 1.00 bits per heavy atom. The van der Waals surface area contributed by atoms with E-state index in [1.165, 1.54) is 37.5 Å². The van der Waals surface area contributed by atoms with Gasteiger partial charge in [-0.05, 0) is 36.4 Å². The summed E-state index contributed by atoms with van der Waals surface area (Å²) in [6.45, 7) is 0. The number of para-hydroxylation sites is 1. The van der Waals surface area contributed by atoms with Crippen molar-refractivity contribution in [2.75, 3.05) is 17.1 Å². The van der Waals surface area contributed by atoms with E-state index in [9.17, 15) is 22.8 Å². The molecule has 0 spiro atoms. The topological polar surface area (TPSA) is 166 Å². The number of benzene rings is 2. The Balaban J connectivity index is 0.000000243. The van der Waals surface area contributed by atoms with Gasteiger partial charge in [0.1, 0.15) is 5.82 Å². The van der Waals surface area contributed by atoms with E-state index in [2.05, 4.69) is 4.98 Å². The van der Waals surface area contributed by atoms with Gasteiger partial charge in [0.05, 0.1) is 10.5 Å². The van der Waals surface area contributed by atoms with Gasteiger partial charge in [0.25, 0.3) is 15.6 Å². The molecule has 11 nitrogen and oxygen atoms in total. The number of anilines is 2. The predicted octanol–water partition coefficient (Wildman–Crippen LogP) is 1.96. The number of rotatable bonds is 2. The second-order valence-corrected chi connectivity index (χ2v) is 9.17. The molecule has 12 heteroatoms. The molecule has 1 aliphatic heterocycles. The molecule has 5 rings (SSSR count). The zero-order chi connectivity index (χ0) is 25.3. The molecule has 0 aliphatic carbocycles. The van der Waals surface area contributed by atoms with Gasteiger partial charge in [-0.3, -0.25) is 9.10 Å². The number of hydrogen-bond acceptors (Lipinski definition) is 8. The fourth-order valence-electron chi connectivity index (χ4n) is 3.45. The minimum absolute atomic E-state index is 0.0249. The molecular weight excluding hydrogens is 476 g/mol. The first-order chi connectivity index (χ1) is 16.6. The number of sulfonamides is 1. The molecule has 0 saturated heterocycles. The number of nitrogens with zero attached hydrogens (tertiary/aromatic N) is 3. The molecule has 0 bridgehead atoms. The zero-order valence-corrected chi connectivity index (χ0v) is 19.0. The summed E-state index contributed by atoms with van der Waals surface area (Å²) >= 11 is 0. The summed E-state index contributed by atoms with van der Waals surface area (Å²) in [6, 6.07) is 17.1. The number of carbonyl (C=O) groups is 1. The number of nitrogens with two attached hydrogens (primary N) is 1. The number of aromatic carboxylic acids is 1. The second kappa shape index (κ2) is 8.91. The van der Waals surface area contributed by atoms with E-state index in [1.54, 1.807) is 42.5 Å². The first kappa shape index (κ1) is 23.4. The van der Waals surface area contributed by atoms with E-state index >= 15 is 0 Å². The van der Waals surface area contributed by atoms with Crippen molar-refractivity contribution in [2.24, 2.45) is 0 Å². The molecule has 3 N–H and O–H groups in total. The van der Waals surface area contributed by atoms with Crippen LogP contribution in [-0.4, -0.2) is 36.1 Å². The normalized spacial score (nSPS) is 13.1. The molecule has 2 aromatic heterocycles. The summed E-state index contributed by atoms with van der Waals surface area (Å²) in [4.78, 5) is 39.6. The molecule has 35 heavy (non-hydrogen) atoms. The molecule has 0 radical (unpaired) electrons. The Morgan fingerprint density at radius 3 is 2.29 bits per heavy atom. The van der Waals surface area contributed by atoms with Crippen molar-refractivity contribution in [3.05, 3.63) is 99.4 Å². The highest BCUT2D eigenvalue weighted by Gasteiger charge is 2.37. The lowest BCUT2D eigenvalue weighted by Crippen LogP contribution is -2.41. The number of hydrogen-bond donors (Lipinski definition) is 2. The van der Waals surface area contributed by atoms with Crippen molar-refractivity contribution < 1.29 is 22.7 Å². The smallest absolute Gasteiger partial charge is 0.428 e. The molecule has 178 valence electrons. The van der Waals surface area contributed by atoms with Crippen LogP contribution in [0.2, 0.25) is 0 Å². The van der Waals surface area contributed by atoms with Gasteiger partial charge in [-0.15, -0.1) is 0 Å². The van der Waals surface area contributed by atoms with Gasteiger partial charge in [0, 0.05) is 24.5 Å². The second-order valence-electron chi connectivity index (χ2n) is 7.24. The third-order valence-corrected chi connectivity index (χ3v) is 6.96. The standard InChI is InChI=1S/C16H11N3O5S.C7H7NO2/c1-18-13-14(10-6-2-3-7-11(10)25(18,22)23)24-16(21)19(15(13)20)12-8-4-5-9-17-12;8-6-4-2-1-3-5(6)7(9)10/h2-9H,1H3;1-4H,8H2,(H,9,10). The Bertz CT molecular complexity index is 1660. The summed E-state index contributed by atoms with van der Waals surface area (Å²) in [5.41, 5.74) is 4.93. The number of carboxylic acids is 1. The molecule has 0 saturated carbocycles. The summed E-state index contributed by atoms with van der Waals surface area (Å²) in [6.07, 6.45) is 1.41. The molecule has 0 fully saturated rings. The maximum Gasteiger partial charge on any atom is 0.428 e. The van der Waals surface area contributed by atoms with Crippen molar-refractivity contribution in [3.8, 4) is 17.1 Å². The molecule has 4 aromatic rings. The fraction of sp³-hybridized carbons (Fsp3) is 0.0435. The van der Waals surface area contributed by atoms with Gasteiger partial charge in [-0.1, -0.05) is 30.3 Å². The lowest BCUT2D eigenvalue weighted by molar-refractivity contribution is 0.0698. The Labute approximate surface area is 198 Å². The molecular formula is C23H18N4O7S. The van der Waals surface area contributed by atoms with Crippen molar-refractivity contribution in [1.29, 1.82) is 0 Å². The summed E-state index contributed by atoms with van der Waals surface area (Å²) in [7, 11) is -2.69. The summed E-state index contributed by atoms with van der Waals surface area (Å²) < 4.78 is 32.2. The number of nitrogen functional groups attached to an aromatic ring is 1. The molecule has 0 atom stereocenters. The van der Waals surface area contributed by atoms with Crippen LogP contribution in [0.1, 0.15) is 10.4 Å². The molecule has 1 aliphatic rings. The monoisotopic (exact) mass is 494 g/mol. The van der Waals surface area contributed by atoms with Gasteiger partial charge in [-0.2, -0.15) is 4.57 Å². The summed E-state index contributed by atoms with van der Waals surface area (Å²) in [5.74, 6) is -1.95. The van der Waals surface area contributed by atoms with Gasteiger partial charge >= 0.3 is 11.7 Å². The van der Waals surface area contributed by atoms with E-state index in [4.69, 9.17) is 15.3 Å². The largest absolute Gasteiger partial charge is 0.478 e. The van der Waals surface area contributed by atoms with Crippen LogP contribution in [0.3, 0.4) is 0 Å². The molecule has 0 unspecified atom stereocenters. The van der Waals surface area contributed by atoms with Crippen LogP contribution in [0.25, 0.3) is 17.1 Å². The van der Waals surface area contributed by atoms with Gasteiger partial charge < -0.3 is 15.3 Å². The van der Waals surface area contributed by atoms with E-state index in [-0.39, 0.29) is 33.3 Å². The van der Waals surface area contributed by atoms with E-state index in [1.807, 2.05) is 0 Å². The lowest BCUT2D eigenvalue weighted by atomic mass is 10.1. The predicted molar refractivity (Wildman–Crippen MR) is 127 cm³/mol. The van der Waals surface area contributed by atoms with Gasteiger partial charge in [-0.25, -0.2) is 23.0 Å². The van der Waals surface area contributed by atoms with Crippen LogP contribution in [0.5, 0.6) is 0 Å². The third kappa shape index (κ3) is 4.06. The average molecular weight is 494 g/mol. The van der Waals surface area contributed by atoms with Crippen molar-refractivity contribution in [3.63, 3.8) is 0 Å². The van der Waals surface area contributed by atoms with E-state index in [0.717, 1.165) is 4.31 Å². The van der Waals surface area contributed by atoms with Crippen LogP contribution in [0.15, 0.2) is 91.8 Å². The van der Waals surface area contributed by atoms with Gasteiger partial charge in [0.15, 0.2) is 11.4 Å². The van der Waals surface area contributed by atoms with Crippen LogP contribution in [0.4, 0.5) is 11.4 Å². The van der Waals surface area contributed by atoms with Crippen LogP contribution in [0, 0.1) is 0 Å². The number of carboxylic acid groups (broad SMARTS) is 1. The van der Waals surface area contributed by atoms with Crippen molar-refractivity contribution >= 4 is 27.4 Å². The van der Waals surface area contributed by atoms with Crippen LogP contribution < -0.4 is 21.4 Å². The highest BCUT2D eigenvalue weighted by Crippen LogP contribution is 2.39. The molecule has 2 aromatic carbocycles. The van der Waals surface area contributed by atoms with E-state index < -0.39 is 27.3 Å². The average Bonchev–Trinajstić information content (AvgIpc) is 2.84. The Hall–Kier alpha value is -4.71. The Morgan fingerprint density at radius 2 is 1.66 bits per heavy atom. The lowest BCUT2D eigenvalue weighted by Gasteiger charge is -2.26. The minimum Gasteiger partial charge on any atom is -0.478 e. The Kier molecular flexibility index (Phi) is 5.97. The fourth-order valence-corrected chi connectivity index (χ4v) is 4.84. The molecule has 3 heterocycles. The van der Waals surface area contributed by atoms with Crippen LogP contribution >= 0.6 is 0 Å². The van der Waals surface area contributed by atoms with Crippen molar-refractivity contribution in [1.82, 2.24) is 9.55 Å². The number of aromatic nitrogens is 2. The zero-order valence-electron chi connectivity index (χ0n) is 18.2. The first-order valence-corrected chi connectivity index (χ1v) is 11.5.